The van der Waals surface area contributed by atoms with E-state index in [-0.39, 0.29) is 0 Å². The molecule has 0 radical (unpaired) electrons. The van der Waals surface area contributed by atoms with E-state index in [1.807, 2.05) is 36.4 Å². The van der Waals surface area contributed by atoms with Crippen LogP contribution in [0.15, 0.2) is 48.5 Å². The third-order valence-corrected chi connectivity index (χ3v) is 3.76. The number of rotatable bonds is 4. The van der Waals surface area contributed by atoms with Crippen molar-refractivity contribution in [3.05, 3.63) is 48.5 Å². The summed E-state index contributed by atoms with van der Waals surface area (Å²) in [5.74, 6) is 1.72. The van der Waals surface area contributed by atoms with Gasteiger partial charge in [-0.05, 0) is 12.1 Å². The molecule has 0 saturated carbocycles. The molecule has 0 aromatic heterocycles. The first-order valence-electron chi connectivity index (χ1n) is 7.41. The number of ether oxygens (including phenoxy) is 2. The molecule has 0 atom stereocenters. The summed E-state index contributed by atoms with van der Waals surface area (Å²) in [6, 6.07) is 16.0. The lowest BCUT2D eigenvalue weighted by atomic mass is 10.2. The van der Waals surface area contributed by atoms with Gasteiger partial charge in [-0.1, -0.05) is 36.4 Å². The SMILES string of the molecule is COc1ccccc1N1[C-]=[N+](c2ccccc2OC)CCC1. The molecule has 0 aliphatic carbocycles. The Labute approximate surface area is 131 Å². The minimum absolute atomic E-state index is 0.858. The van der Waals surface area contributed by atoms with Gasteiger partial charge in [-0.15, -0.1) is 0 Å². The second kappa shape index (κ2) is 6.52. The van der Waals surface area contributed by atoms with Crippen molar-refractivity contribution in [2.24, 2.45) is 0 Å². The fourth-order valence-corrected chi connectivity index (χ4v) is 2.69. The number of benzene rings is 2. The lowest BCUT2D eigenvalue weighted by Gasteiger charge is -2.29. The Hall–Kier alpha value is -2.49. The summed E-state index contributed by atoms with van der Waals surface area (Å²) in [5, 5.41) is 0. The molecule has 3 rings (SSSR count). The van der Waals surface area contributed by atoms with Gasteiger partial charge >= 0.3 is 0 Å². The van der Waals surface area contributed by atoms with E-state index in [0.29, 0.717) is 0 Å². The Morgan fingerprint density at radius 2 is 1.64 bits per heavy atom. The average Bonchev–Trinajstić information content (AvgIpc) is 2.61. The van der Waals surface area contributed by atoms with Gasteiger partial charge in [-0.2, -0.15) is 0 Å². The summed E-state index contributed by atoms with van der Waals surface area (Å²) in [6.45, 7) is 1.85. The van der Waals surface area contributed by atoms with E-state index >= 15 is 0 Å². The highest BCUT2D eigenvalue weighted by molar-refractivity contribution is 5.80. The average molecular weight is 296 g/mol. The van der Waals surface area contributed by atoms with Gasteiger partial charge in [0.25, 0.3) is 0 Å². The van der Waals surface area contributed by atoms with Crippen LogP contribution >= 0.6 is 0 Å². The molecular weight excluding hydrogens is 276 g/mol. The van der Waals surface area contributed by atoms with Crippen molar-refractivity contribution in [1.29, 1.82) is 0 Å². The quantitative estimate of drug-likeness (QED) is 0.640. The highest BCUT2D eigenvalue weighted by Crippen LogP contribution is 2.30. The molecule has 0 fully saturated rings. The summed E-state index contributed by atoms with van der Waals surface area (Å²) >= 11 is 0. The van der Waals surface area contributed by atoms with E-state index in [1.165, 1.54) is 0 Å². The third-order valence-electron chi connectivity index (χ3n) is 3.76. The van der Waals surface area contributed by atoms with Crippen LogP contribution in [0, 0.1) is 0 Å². The second-order valence-corrected chi connectivity index (χ2v) is 5.10. The van der Waals surface area contributed by atoms with Crippen LogP contribution in [0.5, 0.6) is 11.5 Å². The van der Waals surface area contributed by atoms with Crippen molar-refractivity contribution in [2.75, 3.05) is 32.2 Å². The van der Waals surface area contributed by atoms with Gasteiger partial charge in [0.05, 0.1) is 38.7 Å². The normalized spacial score (nSPS) is 14.5. The molecule has 2 aromatic carbocycles. The zero-order valence-corrected chi connectivity index (χ0v) is 13.0. The Kier molecular flexibility index (Phi) is 4.28. The number of hydrogen-bond donors (Lipinski definition) is 0. The van der Waals surface area contributed by atoms with Crippen molar-refractivity contribution in [2.45, 2.75) is 6.42 Å². The first-order valence-corrected chi connectivity index (χ1v) is 7.41. The predicted octanol–water partition coefficient (Wildman–Crippen LogP) is 3.16. The molecule has 22 heavy (non-hydrogen) atoms. The van der Waals surface area contributed by atoms with Crippen molar-refractivity contribution in [3.63, 3.8) is 0 Å². The molecule has 2 aromatic rings. The van der Waals surface area contributed by atoms with Crippen molar-refractivity contribution in [3.8, 4) is 11.5 Å². The second-order valence-electron chi connectivity index (χ2n) is 5.10. The molecule has 0 unspecified atom stereocenters. The fourth-order valence-electron chi connectivity index (χ4n) is 2.69. The minimum atomic E-state index is 0.858. The number of nitrogens with zero attached hydrogens (tertiary/aromatic N) is 2. The number of methoxy groups -OCH3 is 2. The lowest BCUT2D eigenvalue weighted by molar-refractivity contribution is -0.441. The molecule has 0 bridgehead atoms. The fraction of sp³-hybridized carbons (Fsp3) is 0.278. The van der Waals surface area contributed by atoms with Gasteiger partial charge in [0.1, 0.15) is 11.5 Å². The van der Waals surface area contributed by atoms with Gasteiger partial charge in [0, 0.05) is 6.42 Å². The first kappa shape index (κ1) is 14.4. The third kappa shape index (κ3) is 2.77. The van der Waals surface area contributed by atoms with E-state index < -0.39 is 0 Å². The Morgan fingerprint density at radius 1 is 0.955 bits per heavy atom. The van der Waals surface area contributed by atoms with E-state index in [2.05, 4.69) is 27.9 Å². The molecule has 4 heteroatoms. The van der Waals surface area contributed by atoms with Crippen LogP contribution in [0.4, 0.5) is 11.4 Å². The molecule has 1 aliphatic heterocycles. The van der Waals surface area contributed by atoms with E-state index in [4.69, 9.17) is 9.47 Å². The highest BCUT2D eigenvalue weighted by Gasteiger charge is 2.17. The van der Waals surface area contributed by atoms with Crippen LogP contribution < -0.4 is 14.4 Å². The van der Waals surface area contributed by atoms with E-state index in [0.717, 1.165) is 42.4 Å². The van der Waals surface area contributed by atoms with Crippen LogP contribution in [0.3, 0.4) is 0 Å². The molecule has 0 amide bonds. The first-order chi connectivity index (χ1) is 10.8. The zero-order valence-electron chi connectivity index (χ0n) is 13.0. The maximum atomic E-state index is 5.46. The molecule has 1 heterocycles. The van der Waals surface area contributed by atoms with Gasteiger partial charge < -0.3 is 18.9 Å². The molecule has 1 aliphatic rings. The minimum Gasteiger partial charge on any atom is -0.505 e. The van der Waals surface area contributed by atoms with E-state index in [1.54, 1.807) is 14.2 Å². The Balaban J connectivity index is 1.98. The lowest BCUT2D eigenvalue weighted by Crippen LogP contribution is -2.34. The summed E-state index contributed by atoms with van der Waals surface area (Å²) in [4.78, 5) is 2.11. The van der Waals surface area contributed by atoms with Crippen LogP contribution in [0.25, 0.3) is 0 Å². The summed E-state index contributed by atoms with van der Waals surface area (Å²) in [5.41, 5.74) is 2.06. The maximum absolute atomic E-state index is 5.46. The number of hydrogen-bond acceptors (Lipinski definition) is 3. The Morgan fingerprint density at radius 3 is 2.41 bits per heavy atom. The van der Waals surface area contributed by atoms with Crippen molar-refractivity contribution >= 4 is 17.7 Å². The van der Waals surface area contributed by atoms with Crippen LogP contribution in [-0.2, 0) is 0 Å². The number of anilines is 1. The van der Waals surface area contributed by atoms with Gasteiger partial charge in [-0.3, -0.25) is 0 Å². The van der Waals surface area contributed by atoms with Gasteiger partial charge in [-0.25, -0.2) is 0 Å². The smallest absolute Gasteiger partial charge is 0.206 e. The van der Waals surface area contributed by atoms with Crippen LogP contribution in [-0.4, -0.2) is 38.2 Å². The van der Waals surface area contributed by atoms with Crippen molar-refractivity contribution in [1.82, 2.24) is 0 Å². The number of para-hydroxylation sites is 4. The molecule has 0 saturated heterocycles. The van der Waals surface area contributed by atoms with Gasteiger partial charge in [0.2, 0.25) is 6.34 Å². The molecule has 114 valence electrons. The topological polar surface area (TPSA) is 24.7 Å². The molecule has 4 nitrogen and oxygen atoms in total. The van der Waals surface area contributed by atoms with Crippen LogP contribution in [0.1, 0.15) is 6.42 Å². The van der Waals surface area contributed by atoms with Crippen molar-refractivity contribution < 1.29 is 14.0 Å². The molecule has 0 N–H and O–H groups in total. The molecule has 0 spiro atoms. The van der Waals surface area contributed by atoms with Crippen LogP contribution in [0.2, 0.25) is 0 Å². The standard InChI is InChI=1S/C18H20N2O2/c1-21-17-10-5-3-8-15(17)19-12-7-13-20(14-19)16-9-4-6-11-18(16)22-2/h3-6,8-11H,7,12-13H2,1-2H3. The molecular formula is C18H20N2O2. The zero-order chi connectivity index (χ0) is 15.4. The predicted molar refractivity (Wildman–Crippen MR) is 87.7 cm³/mol. The monoisotopic (exact) mass is 296 g/mol. The van der Waals surface area contributed by atoms with E-state index in [9.17, 15) is 0 Å². The highest BCUT2D eigenvalue weighted by atomic mass is 16.5. The summed E-state index contributed by atoms with van der Waals surface area (Å²) < 4.78 is 13.0. The van der Waals surface area contributed by atoms with Gasteiger partial charge in [0.15, 0.2) is 0 Å². The Bertz CT molecular complexity index is 682. The largest absolute Gasteiger partial charge is 0.505 e. The summed E-state index contributed by atoms with van der Waals surface area (Å²) in [7, 11) is 3.39. The summed E-state index contributed by atoms with van der Waals surface area (Å²) in [6.07, 6.45) is 4.49. The maximum Gasteiger partial charge on any atom is 0.206 e.